The molecular formula is C25H34N4O2. The van der Waals surface area contributed by atoms with E-state index in [1.54, 1.807) is 7.11 Å². The number of methoxy groups -OCH3 is 1. The molecule has 166 valence electrons. The Morgan fingerprint density at radius 3 is 2.84 bits per heavy atom. The standard InChI is InChI=1S/C25H34N4O2/c1-18(2)29-15-23(26-17-29)22-14-27(12-20-5-4-6-21(11-20)31-3)16-25(22)9-10-28(24(25)30)13-19-7-8-19/h4-6,11,15,17-19,22H,7-10,12-14,16H2,1-3H3/t22-,25-/m1/s1. The van der Waals surface area contributed by atoms with Gasteiger partial charge in [-0.3, -0.25) is 9.69 Å². The summed E-state index contributed by atoms with van der Waals surface area (Å²) in [7, 11) is 1.71. The number of carbonyl (C=O) groups excluding carboxylic acids is 1. The number of aromatic nitrogens is 2. The minimum Gasteiger partial charge on any atom is -0.497 e. The van der Waals surface area contributed by atoms with Crippen LogP contribution in [0.3, 0.4) is 0 Å². The highest BCUT2D eigenvalue weighted by atomic mass is 16.5. The van der Waals surface area contributed by atoms with E-state index in [0.29, 0.717) is 11.9 Å². The number of imidazole rings is 1. The molecule has 1 saturated carbocycles. The molecule has 3 fully saturated rings. The van der Waals surface area contributed by atoms with Crippen molar-refractivity contribution in [3.8, 4) is 5.75 Å². The van der Waals surface area contributed by atoms with Crippen LogP contribution in [0.2, 0.25) is 0 Å². The molecule has 2 saturated heterocycles. The molecule has 0 bridgehead atoms. The summed E-state index contributed by atoms with van der Waals surface area (Å²) in [4.78, 5) is 23.1. The van der Waals surface area contributed by atoms with Crippen molar-refractivity contribution in [3.63, 3.8) is 0 Å². The van der Waals surface area contributed by atoms with Crippen LogP contribution in [-0.2, 0) is 11.3 Å². The zero-order valence-corrected chi connectivity index (χ0v) is 19.0. The lowest BCUT2D eigenvalue weighted by atomic mass is 9.75. The Kier molecular flexibility index (Phi) is 5.29. The van der Waals surface area contributed by atoms with Crippen LogP contribution in [0.1, 0.15) is 56.3 Å². The molecule has 0 unspecified atom stereocenters. The van der Waals surface area contributed by atoms with Gasteiger partial charge in [-0.25, -0.2) is 4.98 Å². The van der Waals surface area contributed by atoms with Crippen molar-refractivity contribution >= 4 is 5.91 Å². The van der Waals surface area contributed by atoms with E-state index in [0.717, 1.165) is 56.5 Å². The number of hydrogen-bond donors (Lipinski definition) is 0. The molecule has 6 nitrogen and oxygen atoms in total. The van der Waals surface area contributed by atoms with Crippen LogP contribution in [0.15, 0.2) is 36.8 Å². The molecule has 2 aliphatic heterocycles. The van der Waals surface area contributed by atoms with Gasteiger partial charge in [0.05, 0.1) is 24.5 Å². The second-order valence-corrected chi connectivity index (χ2v) is 10.0. The van der Waals surface area contributed by atoms with Gasteiger partial charge < -0.3 is 14.2 Å². The third-order valence-electron chi connectivity index (χ3n) is 7.45. The Morgan fingerprint density at radius 1 is 1.29 bits per heavy atom. The SMILES string of the molecule is COc1cccc(CN2C[C@H](c3cn(C(C)C)cn3)[C@@]3(CCN(CC4CC4)C3=O)C2)c1. The summed E-state index contributed by atoms with van der Waals surface area (Å²) < 4.78 is 7.57. The van der Waals surface area contributed by atoms with E-state index in [-0.39, 0.29) is 11.3 Å². The van der Waals surface area contributed by atoms with Crippen LogP contribution < -0.4 is 4.74 Å². The second kappa shape index (κ2) is 7.97. The minimum absolute atomic E-state index is 0.148. The van der Waals surface area contributed by atoms with Gasteiger partial charge in [0, 0.05) is 50.9 Å². The van der Waals surface area contributed by atoms with E-state index < -0.39 is 0 Å². The van der Waals surface area contributed by atoms with E-state index in [1.165, 1.54) is 18.4 Å². The van der Waals surface area contributed by atoms with Crippen molar-refractivity contribution in [2.45, 2.75) is 51.6 Å². The van der Waals surface area contributed by atoms with Crippen molar-refractivity contribution < 1.29 is 9.53 Å². The van der Waals surface area contributed by atoms with Crippen molar-refractivity contribution in [1.82, 2.24) is 19.4 Å². The molecular weight excluding hydrogens is 388 g/mol. The first-order valence-electron chi connectivity index (χ1n) is 11.7. The molecule has 6 heteroatoms. The average Bonchev–Trinajstić information content (AvgIpc) is 3.18. The van der Waals surface area contributed by atoms with Gasteiger partial charge >= 0.3 is 0 Å². The molecule has 1 aromatic carbocycles. The van der Waals surface area contributed by atoms with Crippen LogP contribution in [0, 0.1) is 11.3 Å². The zero-order chi connectivity index (χ0) is 21.6. The van der Waals surface area contributed by atoms with Crippen molar-refractivity contribution in [2.24, 2.45) is 11.3 Å². The fourth-order valence-corrected chi connectivity index (χ4v) is 5.46. The molecule has 1 aliphatic carbocycles. The third kappa shape index (κ3) is 3.86. The lowest BCUT2D eigenvalue weighted by Crippen LogP contribution is -2.40. The predicted octanol–water partition coefficient (Wildman–Crippen LogP) is 3.70. The van der Waals surface area contributed by atoms with E-state index >= 15 is 0 Å². The minimum atomic E-state index is -0.343. The number of hydrogen-bond acceptors (Lipinski definition) is 4. The summed E-state index contributed by atoms with van der Waals surface area (Å²) in [6, 6.07) is 8.64. The Balaban J connectivity index is 1.42. The Bertz CT molecular complexity index is 951. The van der Waals surface area contributed by atoms with Crippen LogP contribution in [0.4, 0.5) is 0 Å². The van der Waals surface area contributed by atoms with Crippen LogP contribution in [0.5, 0.6) is 5.75 Å². The van der Waals surface area contributed by atoms with Crippen molar-refractivity contribution in [2.75, 3.05) is 33.3 Å². The lowest BCUT2D eigenvalue weighted by Gasteiger charge is -2.28. The second-order valence-electron chi connectivity index (χ2n) is 10.0. The molecule has 1 spiro atoms. The molecule has 5 rings (SSSR count). The molecule has 2 aromatic rings. The topological polar surface area (TPSA) is 50.6 Å². The molecule has 1 aromatic heterocycles. The average molecular weight is 423 g/mol. The number of benzene rings is 1. The molecule has 0 N–H and O–H groups in total. The number of amides is 1. The highest BCUT2D eigenvalue weighted by Gasteiger charge is 2.58. The number of ether oxygens (including phenoxy) is 1. The molecule has 3 aliphatic rings. The maximum atomic E-state index is 13.8. The maximum Gasteiger partial charge on any atom is 0.230 e. The van der Waals surface area contributed by atoms with E-state index in [4.69, 9.17) is 9.72 Å². The van der Waals surface area contributed by atoms with Crippen LogP contribution >= 0.6 is 0 Å². The Morgan fingerprint density at radius 2 is 2.13 bits per heavy atom. The first-order chi connectivity index (χ1) is 15.0. The first kappa shape index (κ1) is 20.6. The summed E-state index contributed by atoms with van der Waals surface area (Å²) >= 11 is 0. The number of rotatable bonds is 7. The molecule has 1 amide bonds. The van der Waals surface area contributed by atoms with Gasteiger partial charge in [-0.1, -0.05) is 12.1 Å². The maximum absolute atomic E-state index is 13.8. The molecule has 2 atom stereocenters. The van der Waals surface area contributed by atoms with Gasteiger partial charge in [0.15, 0.2) is 0 Å². The largest absolute Gasteiger partial charge is 0.497 e. The predicted molar refractivity (Wildman–Crippen MR) is 120 cm³/mol. The smallest absolute Gasteiger partial charge is 0.230 e. The summed E-state index contributed by atoms with van der Waals surface area (Å²) in [5, 5.41) is 0. The van der Waals surface area contributed by atoms with Gasteiger partial charge in [-0.05, 0) is 56.7 Å². The van der Waals surface area contributed by atoms with Crippen LogP contribution in [-0.4, -0.2) is 58.5 Å². The number of likely N-dealkylation sites (tertiary alicyclic amines) is 2. The highest BCUT2D eigenvalue weighted by molar-refractivity contribution is 5.87. The quantitative estimate of drug-likeness (QED) is 0.683. The Hall–Kier alpha value is -2.34. The number of nitrogens with zero attached hydrogens (tertiary/aromatic N) is 4. The van der Waals surface area contributed by atoms with Crippen molar-refractivity contribution in [1.29, 1.82) is 0 Å². The zero-order valence-electron chi connectivity index (χ0n) is 19.0. The molecule has 31 heavy (non-hydrogen) atoms. The molecule has 0 radical (unpaired) electrons. The Labute approximate surface area is 185 Å². The summed E-state index contributed by atoms with van der Waals surface area (Å²) in [6.45, 7) is 8.69. The summed E-state index contributed by atoms with van der Waals surface area (Å²) in [6.07, 6.45) is 7.59. The van der Waals surface area contributed by atoms with Crippen LogP contribution in [0.25, 0.3) is 0 Å². The van der Waals surface area contributed by atoms with Gasteiger partial charge in [0.2, 0.25) is 5.91 Å². The van der Waals surface area contributed by atoms with Crippen molar-refractivity contribution in [3.05, 3.63) is 48.0 Å². The monoisotopic (exact) mass is 422 g/mol. The highest BCUT2D eigenvalue weighted by Crippen LogP contribution is 2.50. The fourth-order valence-electron chi connectivity index (χ4n) is 5.46. The number of carbonyl (C=O) groups is 1. The van der Waals surface area contributed by atoms with Gasteiger partial charge in [0.25, 0.3) is 0 Å². The van der Waals surface area contributed by atoms with E-state index in [1.807, 2.05) is 18.5 Å². The summed E-state index contributed by atoms with van der Waals surface area (Å²) in [5.74, 6) is 2.12. The van der Waals surface area contributed by atoms with Gasteiger partial charge in [-0.2, -0.15) is 0 Å². The molecule has 3 heterocycles. The normalized spacial score (nSPS) is 26.5. The van der Waals surface area contributed by atoms with E-state index in [9.17, 15) is 4.79 Å². The van der Waals surface area contributed by atoms with Gasteiger partial charge in [0.1, 0.15) is 5.75 Å². The van der Waals surface area contributed by atoms with Gasteiger partial charge in [-0.15, -0.1) is 0 Å². The first-order valence-corrected chi connectivity index (χ1v) is 11.7. The third-order valence-corrected chi connectivity index (χ3v) is 7.45. The summed E-state index contributed by atoms with van der Waals surface area (Å²) in [5.41, 5.74) is 1.95. The lowest BCUT2D eigenvalue weighted by molar-refractivity contribution is -0.136. The fraction of sp³-hybridized carbons (Fsp3) is 0.600. The van der Waals surface area contributed by atoms with E-state index in [2.05, 4.69) is 46.5 Å².